The maximum atomic E-state index is 12.2. The van der Waals surface area contributed by atoms with Crippen molar-refractivity contribution in [1.82, 2.24) is 4.90 Å². The molecule has 0 bridgehead atoms. The molecule has 3 N–H and O–H groups in total. The number of benzene rings is 1. The predicted molar refractivity (Wildman–Crippen MR) is 82.5 cm³/mol. The van der Waals surface area contributed by atoms with E-state index in [0.29, 0.717) is 36.9 Å². The number of anilines is 2. The van der Waals surface area contributed by atoms with Crippen molar-refractivity contribution in [2.24, 2.45) is 0 Å². The van der Waals surface area contributed by atoms with Gasteiger partial charge in [-0.3, -0.25) is 9.69 Å². The highest BCUT2D eigenvalue weighted by Gasteiger charge is 2.31. The van der Waals surface area contributed by atoms with Crippen LogP contribution in [0.2, 0.25) is 0 Å². The van der Waals surface area contributed by atoms with Gasteiger partial charge in [-0.05, 0) is 26.0 Å². The summed E-state index contributed by atoms with van der Waals surface area (Å²) in [6.07, 6.45) is 0. The van der Waals surface area contributed by atoms with Crippen molar-refractivity contribution < 1.29 is 14.3 Å². The quantitative estimate of drug-likeness (QED) is 0.819. The number of nitrogen functional groups attached to an aromatic ring is 1. The van der Waals surface area contributed by atoms with Crippen LogP contribution in [0, 0.1) is 0 Å². The fourth-order valence-corrected chi connectivity index (χ4v) is 2.36. The summed E-state index contributed by atoms with van der Waals surface area (Å²) in [5, 5.41) is 2.87. The molecular formula is C15H23N3O3. The van der Waals surface area contributed by atoms with Gasteiger partial charge in [0.15, 0.2) is 0 Å². The lowest BCUT2D eigenvalue weighted by molar-refractivity contribution is -0.122. The Bertz CT molecular complexity index is 517. The van der Waals surface area contributed by atoms with Crippen molar-refractivity contribution in [2.45, 2.75) is 19.4 Å². The maximum Gasteiger partial charge on any atom is 0.238 e. The molecule has 1 amide bonds. The lowest BCUT2D eigenvalue weighted by Gasteiger charge is -2.41. The first kappa shape index (κ1) is 15.6. The molecule has 1 aliphatic rings. The fourth-order valence-electron chi connectivity index (χ4n) is 2.36. The molecule has 0 radical (unpaired) electrons. The topological polar surface area (TPSA) is 76.8 Å². The first-order valence-electron chi connectivity index (χ1n) is 6.98. The van der Waals surface area contributed by atoms with Crippen LogP contribution in [0.3, 0.4) is 0 Å². The Morgan fingerprint density at radius 3 is 2.95 bits per heavy atom. The van der Waals surface area contributed by atoms with E-state index in [4.69, 9.17) is 15.2 Å². The Hall–Kier alpha value is -1.79. The van der Waals surface area contributed by atoms with Gasteiger partial charge >= 0.3 is 0 Å². The maximum absolute atomic E-state index is 12.2. The third-order valence-electron chi connectivity index (χ3n) is 3.65. The normalized spacial score (nSPS) is 18.2. The minimum Gasteiger partial charge on any atom is -0.494 e. The monoisotopic (exact) mass is 293 g/mol. The molecule has 1 heterocycles. The summed E-state index contributed by atoms with van der Waals surface area (Å²) in [6.45, 7) is 6.50. The summed E-state index contributed by atoms with van der Waals surface area (Å²) < 4.78 is 10.7. The predicted octanol–water partition coefficient (Wildman–Crippen LogP) is 1.33. The van der Waals surface area contributed by atoms with Gasteiger partial charge < -0.3 is 20.5 Å². The third kappa shape index (κ3) is 3.86. The highest BCUT2D eigenvalue weighted by molar-refractivity contribution is 5.94. The number of carbonyl (C=O) groups is 1. The number of hydrogen-bond acceptors (Lipinski definition) is 5. The molecule has 0 aromatic heterocycles. The molecule has 1 saturated heterocycles. The van der Waals surface area contributed by atoms with Crippen LogP contribution in [0.1, 0.15) is 13.8 Å². The van der Waals surface area contributed by atoms with Gasteiger partial charge in [0, 0.05) is 23.8 Å². The minimum atomic E-state index is -0.138. The molecule has 21 heavy (non-hydrogen) atoms. The van der Waals surface area contributed by atoms with E-state index < -0.39 is 0 Å². The largest absolute Gasteiger partial charge is 0.494 e. The lowest BCUT2D eigenvalue weighted by Crippen LogP contribution is -2.55. The van der Waals surface area contributed by atoms with Crippen LogP contribution in [0.15, 0.2) is 18.2 Å². The van der Waals surface area contributed by atoms with Gasteiger partial charge in [0.05, 0.1) is 32.6 Å². The third-order valence-corrected chi connectivity index (χ3v) is 3.65. The second kappa shape index (κ2) is 6.32. The summed E-state index contributed by atoms with van der Waals surface area (Å²) in [5.74, 6) is 0.484. The Morgan fingerprint density at radius 1 is 1.52 bits per heavy atom. The molecule has 6 nitrogen and oxygen atoms in total. The number of amides is 1. The van der Waals surface area contributed by atoms with Crippen LogP contribution < -0.4 is 15.8 Å². The Balaban J connectivity index is 2.01. The van der Waals surface area contributed by atoms with E-state index in [1.54, 1.807) is 25.3 Å². The van der Waals surface area contributed by atoms with E-state index in [9.17, 15) is 4.79 Å². The Morgan fingerprint density at radius 2 is 2.29 bits per heavy atom. The molecule has 1 aromatic carbocycles. The standard InChI is InChI=1S/C15H23N3O3/c1-15(2)10-21-7-6-18(15)9-14(19)17-12-5-4-11(16)8-13(12)20-3/h4-5,8H,6-7,9-10,16H2,1-3H3,(H,17,19). The van der Waals surface area contributed by atoms with Gasteiger partial charge in [-0.15, -0.1) is 0 Å². The van der Waals surface area contributed by atoms with Crippen molar-refractivity contribution in [3.63, 3.8) is 0 Å². The molecule has 6 heteroatoms. The highest BCUT2D eigenvalue weighted by atomic mass is 16.5. The van der Waals surface area contributed by atoms with Gasteiger partial charge in [0.2, 0.25) is 5.91 Å². The second-order valence-electron chi connectivity index (χ2n) is 5.79. The van der Waals surface area contributed by atoms with Gasteiger partial charge in [0.25, 0.3) is 0 Å². The van der Waals surface area contributed by atoms with Crippen LogP contribution in [-0.2, 0) is 9.53 Å². The number of ether oxygens (including phenoxy) is 2. The van der Waals surface area contributed by atoms with Crippen LogP contribution >= 0.6 is 0 Å². The molecule has 0 aliphatic carbocycles. The molecule has 1 aliphatic heterocycles. The number of nitrogens with zero attached hydrogens (tertiary/aromatic N) is 1. The molecule has 116 valence electrons. The summed E-state index contributed by atoms with van der Waals surface area (Å²) >= 11 is 0. The second-order valence-corrected chi connectivity index (χ2v) is 5.79. The molecule has 2 rings (SSSR count). The van der Waals surface area contributed by atoms with E-state index in [0.717, 1.165) is 6.54 Å². The zero-order chi connectivity index (χ0) is 15.5. The lowest BCUT2D eigenvalue weighted by atomic mass is 10.0. The Labute approximate surface area is 125 Å². The smallest absolute Gasteiger partial charge is 0.238 e. The van der Waals surface area contributed by atoms with E-state index in [1.807, 2.05) is 0 Å². The molecule has 1 aromatic rings. The number of methoxy groups -OCH3 is 1. The number of hydrogen-bond donors (Lipinski definition) is 2. The van der Waals surface area contributed by atoms with E-state index in [2.05, 4.69) is 24.1 Å². The van der Waals surface area contributed by atoms with Crippen molar-refractivity contribution in [2.75, 3.05) is 44.5 Å². The summed E-state index contributed by atoms with van der Waals surface area (Å²) in [6, 6.07) is 5.17. The van der Waals surface area contributed by atoms with Crippen molar-refractivity contribution >= 4 is 17.3 Å². The molecule has 0 atom stereocenters. The molecule has 0 saturated carbocycles. The van der Waals surface area contributed by atoms with E-state index in [-0.39, 0.29) is 11.4 Å². The number of nitrogens with two attached hydrogens (primary N) is 1. The van der Waals surface area contributed by atoms with Gasteiger partial charge in [-0.25, -0.2) is 0 Å². The van der Waals surface area contributed by atoms with E-state index >= 15 is 0 Å². The zero-order valence-electron chi connectivity index (χ0n) is 12.8. The number of morpholine rings is 1. The summed E-state index contributed by atoms with van der Waals surface area (Å²) in [5.41, 5.74) is 6.79. The average molecular weight is 293 g/mol. The summed E-state index contributed by atoms with van der Waals surface area (Å²) in [7, 11) is 1.55. The van der Waals surface area contributed by atoms with Crippen molar-refractivity contribution in [3.05, 3.63) is 18.2 Å². The highest BCUT2D eigenvalue weighted by Crippen LogP contribution is 2.27. The first-order chi connectivity index (χ1) is 9.92. The van der Waals surface area contributed by atoms with Crippen molar-refractivity contribution in [3.8, 4) is 5.75 Å². The van der Waals surface area contributed by atoms with Crippen LogP contribution in [0.5, 0.6) is 5.75 Å². The van der Waals surface area contributed by atoms with Gasteiger partial charge in [-0.2, -0.15) is 0 Å². The zero-order valence-corrected chi connectivity index (χ0v) is 12.8. The minimum absolute atomic E-state index is 0.0759. The van der Waals surface area contributed by atoms with Crippen LogP contribution in [0.25, 0.3) is 0 Å². The van der Waals surface area contributed by atoms with Crippen LogP contribution in [0.4, 0.5) is 11.4 Å². The summed E-state index contributed by atoms with van der Waals surface area (Å²) in [4.78, 5) is 14.4. The molecule has 0 spiro atoms. The molecule has 0 unspecified atom stereocenters. The number of rotatable bonds is 4. The van der Waals surface area contributed by atoms with Gasteiger partial charge in [-0.1, -0.05) is 0 Å². The Kier molecular flexibility index (Phi) is 4.69. The SMILES string of the molecule is COc1cc(N)ccc1NC(=O)CN1CCOCC1(C)C. The number of carbonyl (C=O) groups excluding carboxylic acids is 1. The van der Waals surface area contributed by atoms with E-state index in [1.165, 1.54) is 0 Å². The van der Waals surface area contributed by atoms with Crippen LogP contribution in [-0.4, -0.2) is 49.8 Å². The molecule has 1 fully saturated rings. The average Bonchev–Trinajstić information content (AvgIpc) is 2.43. The fraction of sp³-hybridized carbons (Fsp3) is 0.533. The molecular weight excluding hydrogens is 270 g/mol. The first-order valence-corrected chi connectivity index (χ1v) is 6.98. The van der Waals surface area contributed by atoms with Crippen molar-refractivity contribution in [1.29, 1.82) is 0 Å². The van der Waals surface area contributed by atoms with Gasteiger partial charge in [0.1, 0.15) is 5.75 Å². The number of nitrogens with one attached hydrogen (secondary N) is 1.